The molecular weight excluding hydrogens is 406 g/mol. The molecule has 1 fully saturated rings. The van der Waals surface area contributed by atoms with Gasteiger partial charge in [-0.1, -0.05) is 12.1 Å². The molecule has 6 N–H and O–H groups in total. The van der Waals surface area contributed by atoms with Gasteiger partial charge in [-0.3, -0.25) is 24.0 Å². The van der Waals surface area contributed by atoms with Crippen LogP contribution >= 0.6 is 0 Å². The average molecular weight is 433 g/mol. The van der Waals surface area contributed by atoms with E-state index in [1.165, 1.54) is 24.0 Å². The molecule has 1 aliphatic rings. The van der Waals surface area contributed by atoms with Gasteiger partial charge in [-0.2, -0.15) is 0 Å². The lowest BCUT2D eigenvalue weighted by Gasteiger charge is -2.29. The lowest BCUT2D eigenvalue weighted by molar-refractivity contribution is -0.141. The van der Waals surface area contributed by atoms with Crippen LogP contribution in [0.4, 0.5) is 0 Å². The zero-order valence-electron chi connectivity index (χ0n) is 17.2. The van der Waals surface area contributed by atoms with Crippen molar-refractivity contribution in [2.24, 2.45) is 5.73 Å². The molecule has 5 amide bonds. The van der Waals surface area contributed by atoms with Crippen molar-refractivity contribution in [2.45, 2.75) is 38.3 Å². The molecule has 1 aliphatic heterocycles. The van der Waals surface area contributed by atoms with E-state index in [0.717, 1.165) is 0 Å². The Kier molecular flexibility index (Phi) is 8.35. The molecule has 11 nitrogen and oxygen atoms in total. The van der Waals surface area contributed by atoms with Crippen LogP contribution in [-0.4, -0.2) is 71.3 Å². The number of hydrogen-bond acceptors (Lipinski definition) is 6. The van der Waals surface area contributed by atoms with E-state index in [2.05, 4.69) is 16.0 Å². The van der Waals surface area contributed by atoms with Crippen LogP contribution in [0.15, 0.2) is 24.3 Å². The number of nitrogens with two attached hydrogens (primary N) is 1. The molecule has 0 bridgehead atoms. The molecule has 1 aromatic rings. The predicted octanol–water partition coefficient (Wildman–Crippen LogP) is -1.85. The number of benzene rings is 1. The van der Waals surface area contributed by atoms with Gasteiger partial charge in [0, 0.05) is 19.9 Å². The third-order valence-corrected chi connectivity index (χ3v) is 4.78. The Morgan fingerprint density at radius 2 is 1.81 bits per heavy atom. The minimum absolute atomic E-state index is 0.0621. The number of carbonyl (C=O) groups excluding carboxylic acids is 5. The smallest absolute Gasteiger partial charge is 0.246 e. The molecule has 31 heavy (non-hydrogen) atoms. The first kappa shape index (κ1) is 23.6. The number of hydrogen-bond donors (Lipinski definition) is 5. The molecule has 0 aromatic heterocycles. The molecule has 0 radical (unpaired) electrons. The number of nitrogens with one attached hydrogen (secondary N) is 3. The Labute approximate surface area is 179 Å². The van der Waals surface area contributed by atoms with Crippen molar-refractivity contribution in [1.82, 2.24) is 20.9 Å². The van der Waals surface area contributed by atoms with Gasteiger partial charge >= 0.3 is 0 Å². The summed E-state index contributed by atoms with van der Waals surface area (Å²) >= 11 is 0. The maximum absolute atomic E-state index is 13.2. The van der Waals surface area contributed by atoms with E-state index in [1.807, 2.05) is 0 Å². The summed E-state index contributed by atoms with van der Waals surface area (Å²) in [5.41, 5.74) is 5.74. The van der Waals surface area contributed by atoms with Gasteiger partial charge in [-0.05, 0) is 30.5 Å². The molecule has 2 rings (SSSR count). The summed E-state index contributed by atoms with van der Waals surface area (Å²) < 4.78 is 0. The molecule has 1 saturated heterocycles. The summed E-state index contributed by atoms with van der Waals surface area (Å²) in [5.74, 6) is -2.52. The molecular formula is C20H27N5O6. The fourth-order valence-electron chi connectivity index (χ4n) is 3.31. The van der Waals surface area contributed by atoms with Crippen LogP contribution in [0.2, 0.25) is 0 Å². The molecule has 0 unspecified atom stereocenters. The minimum atomic E-state index is -0.990. The first-order valence-corrected chi connectivity index (χ1v) is 9.85. The van der Waals surface area contributed by atoms with Gasteiger partial charge < -0.3 is 31.7 Å². The summed E-state index contributed by atoms with van der Waals surface area (Å²) in [5, 5.41) is 16.8. The van der Waals surface area contributed by atoms with Gasteiger partial charge in [-0.15, -0.1) is 0 Å². The Morgan fingerprint density at radius 3 is 2.42 bits per heavy atom. The SMILES string of the molecule is CC(=O)NCC(=O)N[C@@H](Cc1ccc(O)cc1)C(=O)N1CCC[C@H]1C(=O)NCC(N)=O. The first-order chi connectivity index (χ1) is 14.7. The Balaban J connectivity index is 2.15. The maximum atomic E-state index is 13.2. The van der Waals surface area contributed by atoms with Crippen LogP contribution in [0.3, 0.4) is 0 Å². The van der Waals surface area contributed by atoms with Crippen LogP contribution in [0.5, 0.6) is 5.75 Å². The number of nitrogens with zero attached hydrogens (tertiary/aromatic N) is 1. The number of carbonyl (C=O) groups is 5. The van der Waals surface area contributed by atoms with Gasteiger partial charge in [0.25, 0.3) is 0 Å². The summed E-state index contributed by atoms with van der Waals surface area (Å²) in [6.07, 6.45) is 1.13. The van der Waals surface area contributed by atoms with Crippen molar-refractivity contribution in [2.75, 3.05) is 19.6 Å². The highest BCUT2D eigenvalue weighted by Crippen LogP contribution is 2.20. The first-order valence-electron chi connectivity index (χ1n) is 9.85. The van der Waals surface area contributed by atoms with E-state index in [9.17, 15) is 29.1 Å². The molecule has 0 aliphatic carbocycles. The lowest BCUT2D eigenvalue weighted by atomic mass is 10.0. The van der Waals surface area contributed by atoms with Gasteiger partial charge in [0.15, 0.2) is 0 Å². The second-order valence-corrected chi connectivity index (χ2v) is 7.27. The molecule has 0 spiro atoms. The summed E-state index contributed by atoms with van der Waals surface area (Å²) in [6.45, 7) is 0.964. The topological polar surface area (TPSA) is 171 Å². The van der Waals surface area contributed by atoms with E-state index in [4.69, 9.17) is 5.73 Å². The van der Waals surface area contributed by atoms with Gasteiger partial charge in [0.2, 0.25) is 29.5 Å². The van der Waals surface area contributed by atoms with Crippen molar-refractivity contribution in [3.05, 3.63) is 29.8 Å². The van der Waals surface area contributed by atoms with Crippen LogP contribution in [0.1, 0.15) is 25.3 Å². The molecule has 1 heterocycles. The van der Waals surface area contributed by atoms with Crippen molar-refractivity contribution in [1.29, 1.82) is 0 Å². The monoisotopic (exact) mass is 433 g/mol. The number of primary amides is 1. The Hall–Kier alpha value is -3.63. The Morgan fingerprint density at radius 1 is 1.13 bits per heavy atom. The molecule has 2 atom stereocenters. The lowest BCUT2D eigenvalue weighted by Crippen LogP contribution is -2.55. The Bertz CT molecular complexity index is 841. The van der Waals surface area contributed by atoms with E-state index in [1.54, 1.807) is 12.1 Å². The van der Waals surface area contributed by atoms with Crippen LogP contribution in [0, 0.1) is 0 Å². The summed E-state index contributed by atoms with van der Waals surface area (Å²) in [6, 6.07) is 4.40. The normalized spacial score (nSPS) is 16.3. The number of likely N-dealkylation sites (tertiary alicyclic amines) is 1. The fraction of sp³-hybridized carbons (Fsp3) is 0.450. The molecule has 168 valence electrons. The van der Waals surface area contributed by atoms with E-state index >= 15 is 0 Å². The molecule has 0 saturated carbocycles. The maximum Gasteiger partial charge on any atom is 0.246 e. The van der Waals surface area contributed by atoms with Crippen LogP contribution in [-0.2, 0) is 30.4 Å². The second kappa shape index (κ2) is 11.0. The van der Waals surface area contributed by atoms with Gasteiger partial charge in [0.1, 0.15) is 17.8 Å². The van der Waals surface area contributed by atoms with Crippen molar-refractivity contribution >= 4 is 29.5 Å². The third kappa shape index (κ3) is 7.28. The largest absolute Gasteiger partial charge is 0.508 e. The number of amides is 5. The van der Waals surface area contributed by atoms with E-state index in [-0.39, 0.29) is 31.2 Å². The van der Waals surface area contributed by atoms with E-state index < -0.39 is 35.7 Å². The van der Waals surface area contributed by atoms with Gasteiger partial charge in [-0.25, -0.2) is 0 Å². The summed E-state index contributed by atoms with van der Waals surface area (Å²) in [4.78, 5) is 61.3. The van der Waals surface area contributed by atoms with Crippen LogP contribution < -0.4 is 21.7 Å². The van der Waals surface area contributed by atoms with Crippen molar-refractivity contribution in [3.63, 3.8) is 0 Å². The van der Waals surface area contributed by atoms with Crippen molar-refractivity contribution < 1.29 is 29.1 Å². The second-order valence-electron chi connectivity index (χ2n) is 7.27. The highest BCUT2D eigenvalue weighted by Gasteiger charge is 2.37. The van der Waals surface area contributed by atoms with Crippen molar-refractivity contribution in [3.8, 4) is 5.75 Å². The third-order valence-electron chi connectivity index (χ3n) is 4.78. The molecule has 1 aromatic carbocycles. The summed E-state index contributed by atoms with van der Waals surface area (Å²) in [7, 11) is 0. The minimum Gasteiger partial charge on any atom is -0.508 e. The number of aromatic hydroxyl groups is 1. The highest BCUT2D eigenvalue weighted by atomic mass is 16.3. The molecule has 11 heteroatoms. The number of phenolic OH excluding ortho intramolecular Hbond substituents is 1. The average Bonchev–Trinajstić information content (AvgIpc) is 3.21. The zero-order chi connectivity index (χ0) is 23.0. The van der Waals surface area contributed by atoms with Gasteiger partial charge in [0.05, 0.1) is 13.1 Å². The number of rotatable bonds is 9. The highest BCUT2D eigenvalue weighted by molar-refractivity contribution is 5.94. The standard InChI is InChI=1S/C20H27N5O6/c1-12(26)22-11-18(29)24-15(9-13-4-6-14(27)7-5-13)20(31)25-8-2-3-16(25)19(30)23-10-17(21)28/h4-7,15-16,27H,2-3,8-11H2,1H3,(H2,21,28)(H,22,26)(H,23,30)(H,24,29)/t15-,16-/m0/s1. The zero-order valence-corrected chi connectivity index (χ0v) is 17.2. The number of phenols is 1. The van der Waals surface area contributed by atoms with Crippen LogP contribution in [0.25, 0.3) is 0 Å². The fourth-order valence-corrected chi connectivity index (χ4v) is 3.31. The quantitative estimate of drug-likeness (QED) is 0.306. The van der Waals surface area contributed by atoms with E-state index in [0.29, 0.717) is 24.9 Å². The predicted molar refractivity (Wildman–Crippen MR) is 109 cm³/mol.